The van der Waals surface area contributed by atoms with E-state index in [1.807, 2.05) is 0 Å². The minimum Gasteiger partial charge on any atom is -0.508 e. The number of phenols is 1. The standard InChI is InChI=1S/C14H13N3O4/c15-11-6-5-10(18)7-9(11)8-14(19)16-12-3-1-2-4-13(12)17(20)21/h1-7,18H,8,15H2,(H,16,19). The van der Waals surface area contributed by atoms with Crippen LogP contribution in [0.25, 0.3) is 0 Å². The summed E-state index contributed by atoms with van der Waals surface area (Å²) in [5, 5.41) is 22.7. The summed E-state index contributed by atoms with van der Waals surface area (Å²) in [6.07, 6.45) is -0.0910. The third-order valence-corrected chi connectivity index (χ3v) is 2.85. The topological polar surface area (TPSA) is 118 Å². The lowest BCUT2D eigenvalue weighted by atomic mass is 10.1. The maximum Gasteiger partial charge on any atom is 0.292 e. The van der Waals surface area contributed by atoms with Crippen LogP contribution in [0, 0.1) is 10.1 Å². The molecule has 4 N–H and O–H groups in total. The van der Waals surface area contributed by atoms with Gasteiger partial charge in [-0.05, 0) is 29.8 Å². The van der Waals surface area contributed by atoms with E-state index < -0.39 is 10.8 Å². The molecule has 0 saturated carbocycles. The Morgan fingerprint density at radius 3 is 2.71 bits per heavy atom. The molecule has 0 saturated heterocycles. The zero-order chi connectivity index (χ0) is 15.4. The van der Waals surface area contributed by atoms with Crippen molar-refractivity contribution in [2.45, 2.75) is 6.42 Å². The smallest absolute Gasteiger partial charge is 0.292 e. The first kappa shape index (κ1) is 14.3. The second-order valence-electron chi connectivity index (χ2n) is 4.38. The number of benzene rings is 2. The number of nitrogens with one attached hydrogen (secondary N) is 1. The first-order valence-corrected chi connectivity index (χ1v) is 6.08. The predicted molar refractivity (Wildman–Crippen MR) is 77.9 cm³/mol. The average Bonchev–Trinajstić information content (AvgIpc) is 2.43. The van der Waals surface area contributed by atoms with Crippen molar-refractivity contribution in [2.24, 2.45) is 0 Å². The van der Waals surface area contributed by atoms with Crippen LogP contribution in [0.1, 0.15) is 5.56 Å². The molecule has 21 heavy (non-hydrogen) atoms. The van der Waals surface area contributed by atoms with E-state index in [2.05, 4.69) is 5.32 Å². The molecule has 108 valence electrons. The molecule has 0 aromatic heterocycles. The van der Waals surface area contributed by atoms with E-state index in [9.17, 15) is 20.0 Å². The Kier molecular flexibility index (Phi) is 4.03. The van der Waals surface area contributed by atoms with Crippen LogP contribution in [0.5, 0.6) is 5.75 Å². The first-order chi connectivity index (χ1) is 9.97. The van der Waals surface area contributed by atoms with E-state index in [1.54, 1.807) is 6.07 Å². The van der Waals surface area contributed by atoms with Crippen LogP contribution in [-0.4, -0.2) is 15.9 Å². The number of nitrogens with two attached hydrogens (primary N) is 1. The molecule has 2 rings (SSSR count). The highest BCUT2D eigenvalue weighted by Gasteiger charge is 2.15. The van der Waals surface area contributed by atoms with Gasteiger partial charge in [-0.3, -0.25) is 14.9 Å². The van der Waals surface area contributed by atoms with Crippen molar-refractivity contribution in [2.75, 3.05) is 11.1 Å². The van der Waals surface area contributed by atoms with Gasteiger partial charge >= 0.3 is 0 Å². The highest BCUT2D eigenvalue weighted by Crippen LogP contribution is 2.24. The molecule has 0 bridgehead atoms. The van der Waals surface area contributed by atoms with Gasteiger partial charge in [-0.2, -0.15) is 0 Å². The Morgan fingerprint density at radius 1 is 1.29 bits per heavy atom. The Morgan fingerprint density at radius 2 is 2.00 bits per heavy atom. The third kappa shape index (κ3) is 3.47. The summed E-state index contributed by atoms with van der Waals surface area (Å²) in [5.41, 5.74) is 6.46. The molecule has 1 amide bonds. The molecule has 0 atom stereocenters. The number of hydrogen-bond donors (Lipinski definition) is 3. The molecule has 7 nitrogen and oxygen atoms in total. The average molecular weight is 287 g/mol. The molecule has 0 aliphatic heterocycles. The number of rotatable bonds is 4. The molecule has 0 aliphatic rings. The summed E-state index contributed by atoms with van der Waals surface area (Å²) >= 11 is 0. The minimum absolute atomic E-state index is 0.00214. The number of hydrogen-bond acceptors (Lipinski definition) is 5. The van der Waals surface area contributed by atoms with Crippen LogP contribution in [0.15, 0.2) is 42.5 Å². The van der Waals surface area contributed by atoms with E-state index >= 15 is 0 Å². The zero-order valence-electron chi connectivity index (χ0n) is 10.9. The van der Waals surface area contributed by atoms with Gasteiger partial charge in [-0.1, -0.05) is 12.1 Å². The second-order valence-corrected chi connectivity index (χ2v) is 4.38. The fraction of sp³-hybridized carbons (Fsp3) is 0.0714. The Bertz CT molecular complexity index is 700. The summed E-state index contributed by atoms with van der Waals surface area (Å²) in [4.78, 5) is 22.2. The van der Waals surface area contributed by atoms with Crippen LogP contribution >= 0.6 is 0 Å². The summed E-state index contributed by atoms with van der Waals surface area (Å²) in [6.45, 7) is 0. The molecular weight excluding hydrogens is 274 g/mol. The largest absolute Gasteiger partial charge is 0.508 e. The van der Waals surface area contributed by atoms with Crippen molar-refractivity contribution in [3.05, 3.63) is 58.1 Å². The van der Waals surface area contributed by atoms with Gasteiger partial charge in [0.25, 0.3) is 5.69 Å². The third-order valence-electron chi connectivity index (χ3n) is 2.85. The van der Waals surface area contributed by atoms with E-state index in [0.717, 1.165) is 0 Å². The molecule has 7 heteroatoms. The fourth-order valence-corrected chi connectivity index (χ4v) is 1.85. The SMILES string of the molecule is Nc1ccc(O)cc1CC(=O)Nc1ccccc1[N+](=O)[O-]. The van der Waals surface area contributed by atoms with Crippen LogP contribution in [-0.2, 0) is 11.2 Å². The summed E-state index contributed by atoms with van der Waals surface area (Å²) in [6, 6.07) is 10.1. The van der Waals surface area contributed by atoms with E-state index in [0.29, 0.717) is 11.3 Å². The predicted octanol–water partition coefficient (Wildman–Crippen LogP) is 2.06. The molecule has 2 aromatic carbocycles. The number of carbonyl (C=O) groups is 1. The fourth-order valence-electron chi connectivity index (χ4n) is 1.85. The zero-order valence-corrected chi connectivity index (χ0v) is 10.9. The lowest BCUT2D eigenvalue weighted by Gasteiger charge is -2.08. The van der Waals surface area contributed by atoms with Crippen molar-refractivity contribution < 1.29 is 14.8 Å². The number of nitro benzene ring substituents is 1. The van der Waals surface area contributed by atoms with Gasteiger partial charge in [-0.15, -0.1) is 0 Å². The number of nitrogen functional groups attached to an aromatic ring is 1. The Balaban J connectivity index is 2.16. The monoisotopic (exact) mass is 287 g/mol. The van der Waals surface area contributed by atoms with Crippen LogP contribution in [0.4, 0.5) is 17.1 Å². The van der Waals surface area contributed by atoms with Gasteiger partial charge in [-0.25, -0.2) is 0 Å². The quantitative estimate of drug-likeness (QED) is 0.344. The van der Waals surface area contributed by atoms with Crippen molar-refractivity contribution in [3.8, 4) is 5.75 Å². The summed E-state index contributed by atoms with van der Waals surface area (Å²) in [5.74, 6) is -0.459. The van der Waals surface area contributed by atoms with Gasteiger partial charge < -0.3 is 16.2 Å². The van der Waals surface area contributed by atoms with Crippen molar-refractivity contribution in [3.63, 3.8) is 0 Å². The van der Waals surface area contributed by atoms with Gasteiger partial charge in [0, 0.05) is 11.8 Å². The van der Waals surface area contributed by atoms with Crippen LogP contribution in [0.3, 0.4) is 0 Å². The maximum absolute atomic E-state index is 11.9. The second kappa shape index (κ2) is 5.91. The summed E-state index contributed by atoms with van der Waals surface area (Å²) < 4.78 is 0. The van der Waals surface area contributed by atoms with Crippen molar-refractivity contribution in [1.82, 2.24) is 0 Å². The molecule has 2 aromatic rings. The number of amides is 1. The number of carbonyl (C=O) groups excluding carboxylic acids is 1. The highest BCUT2D eigenvalue weighted by molar-refractivity contribution is 5.95. The number of phenolic OH excluding ortho intramolecular Hbond substituents is 1. The number of anilines is 2. The number of aromatic hydroxyl groups is 1. The van der Waals surface area contributed by atoms with Crippen LogP contribution in [0.2, 0.25) is 0 Å². The number of nitro groups is 1. The van der Waals surface area contributed by atoms with Crippen LogP contribution < -0.4 is 11.1 Å². The van der Waals surface area contributed by atoms with Crippen molar-refractivity contribution >= 4 is 23.0 Å². The Hall–Kier alpha value is -3.09. The number of para-hydroxylation sites is 2. The van der Waals surface area contributed by atoms with E-state index in [1.165, 1.54) is 36.4 Å². The lowest BCUT2D eigenvalue weighted by Crippen LogP contribution is -2.16. The van der Waals surface area contributed by atoms with Gasteiger partial charge in [0.1, 0.15) is 11.4 Å². The molecule has 0 fully saturated rings. The maximum atomic E-state index is 11.9. The molecule has 0 unspecified atom stereocenters. The van der Waals surface area contributed by atoms with E-state index in [4.69, 9.17) is 5.73 Å². The molecule has 0 heterocycles. The highest BCUT2D eigenvalue weighted by atomic mass is 16.6. The lowest BCUT2D eigenvalue weighted by molar-refractivity contribution is -0.383. The van der Waals surface area contributed by atoms with Gasteiger partial charge in [0.15, 0.2) is 0 Å². The first-order valence-electron chi connectivity index (χ1n) is 6.08. The molecule has 0 radical (unpaired) electrons. The summed E-state index contributed by atoms with van der Waals surface area (Å²) in [7, 11) is 0. The number of nitrogens with zero attached hydrogens (tertiary/aromatic N) is 1. The molecule has 0 spiro atoms. The van der Waals surface area contributed by atoms with Gasteiger partial charge in [0.2, 0.25) is 5.91 Å². The molecule has 0 aliphatic carbocycles. The van der Waals surface area contributed by atoms with E-state index in [-0.39, 0.29) is 23.5 Å². The van der Waals surface area contributed by atoms with Crippen molar-refractivity contribution in [1.29, 1.82) is 0 Å². The Labute approximate surface area is 120 Å². The molecular formula is C14H13N3O4. The minimum atomic E-state index is -0.571. The normalized spacial score (nSPS) is 10.1. The van der Waals surface area contributed by atoms with Gasteiger partial charge in [0.05, 0.1) is 11.3 Å².